The van der Waals surface area contributed by atoms with Crippen molar-refractivity contribution in [3.8, 4) is 0 Å². The molecule has 2 N–H and O–H groups in total. The number of carboxylic acid groups (broad SMARTS) is 1. The van der Waals surface area contributed by atoms with Crippen LogP contribution in [0.3, 0.4) is 0 Å². The summed E-state index contributed by atoms with van der Waals surface area (Å²) >= 11 is 3.04. The maximum atomic E-state index is 13.4. The van der Waals surface area contributed by atoms with Crippen LogP contribution in [0.1, 0.15) is 18.4 Å². The van der Waals surface area contributed by atoms with Crippen molar-refractivity contribution < 1.29 is 19.1 Å². The van der Waals surface area contributed by atoms with Crippen LogP contribution < -0.4 is 5.32 Å². The van der Waals surface area contributed by atoms with Gasteiger partial charge in [0, 0.05) is 5.69 Å². The van der Waals surface area contributed by atoms with Crippen LogP contribution in [0.2, 0.25) is 0 Å². The standard InChI is InChI=1S/C12H11BrFNO3/c1-6-4-7(13)8(14)5-9(6)15-10(16)12(2-3-12)11(17)18/h4-5H,2-3H2,1H3,(H,15,16)(H,17,18). The minimum Gasteiger partial charge on any atom is -0.480 e. The van der Waals surface area contributed by atoms with E-state index in [-0.39, 0.29) is 0 Å². The molecule has 18 heavy (non-hydrogen) atoms. The second-order valence-corrected chi connectivity index (χ2v) is 5.28. The van der Waals surface area contributed by atoms with Crippen molar-refractivity contribution in [2.45, 2.75) is 19.8 Å². The highest BCUT2D eigenvalue weighted by Crippen LogP contribution is 2.47. The maximum Gasteiger partial charge on any atom is 0.319 e. The van der Waals surface area contributed by atoms with Crippen LogP contribution in [0.4, 0.5) is 10.1 Å². The zero-order chi connectivity index (χ0) is 13.5. The smallest absolute Gasteiger partial charge is 0.319 e. The van der Waals surface area contributed by atoms with Crippen molar-refractivity contribution >= 4 is 33.5 Å². The normalized spacial score (nSPS) is 16.2. The van der Waals surface area contributed by atoms with E-state index in [1.165, 1.54) is 12.1 Å². The van der Waals surface area contributed by atoms with Gasteiger partial charge < -0.3 is 10.4 Å². The molecule has 0 aromatic heterocycles. The van der Waals surface area contributed by atoms with E-state index in [2.05, 4.69) is 21.2 Å². The third-order valence-electron chi connectivity index (χ3n) is 3.11. The fraction of sp³-hybridized carbons (Fsp3) is 0.333. The largest absolute Gasteiger partial charge is 0.480 e. The van der Waals surface area contributed by atoms with Gasteiger partial charge in [-0.05, 0) is 53.4 Å². The summed E-state index contributed by atoms with van der Waals surface area (Å²) in [7, 11) is 0. The number of benzene rings is 1. The van der Waals surface area contributed by atoms with Gasteiger partial charge in [-0.2, -0.15) is 0 Å². The molecule has 2 rings (SSSR count). The lowest BCUT2D eigenvalue weighted by Gasteiger charge is -2.13. The molecule has 0 bridgehead atoms. The number of carbonyl (C=O) groups excluding carboxylic acids is 1. The van der Waals surface area contributed by atoms with E-state index in [1.54, 1.807) is 6.92 Å². The van der Waals surface area contributed by atoms with Crippen LogP contribution in [0.5, 0.6) is 0 Å². The van der Waals surface area contributed by atoms with Gasteiger partial charge in [-0.3, -0.25) is 9.59 Å². The number of hydrogen-bond acceptors (Lipinski definition) is 2. The second-order valence-electron chi connectivity index (χ2n) is 4.42. The first-order chi connectivity index (χ1) is 8.36. The topological polar surface area (TPSA) is 66.4 Å². The van der Waals surface area contributed by atoms with Crippen molar-refractivity contribution in [3.63, 3.8) is 0 Å². The van der Waals surface area contributed by atoms with E-state index >= 15 is 0 Å². The van der Waals surface area contributed by atoms with Gasteiger partial charge in [0.25, 0.3) is 0 Å². The van der Waals surface area contributed by atoms with E-state index in [0.717, 1.165) is 0 Å². The highest BCUT2D eigenvalue weighted by atomic mass is 79.9. The molecular formula is C12H11BrFNO3. The SMILES string of the molecule is Cc1cc(Br)c(F)cc1NC(=O)C1(C(=O)O)CC1. The summed E-state index contributed by atoms with van der Waals surface area (Å²) < 4.78 is 13.7. The number of rotatable bonds is 3. The molecule has 0 aliphatic heterocycles. The molecule has 0 heterocycles. The Labute approximate surface area is 111 Å². The minimum absolute atomic E-state index is 0.299. The fourth-order valence-corrected chi connectivity index (χ4v) is 2.14. The van der Waals surface area contributed by atoms with Gasteiger partial charge in [0.05, 0.1) is 4.47 Å². The molecule has 1 aromatic carbocycles. The van der Waals surface area contributed by atoms with Gasteiger partial charge in [0.2, 0.25) is 5.91 Å². The quantitative estimate of drug-likeness (QED) is 0.843. The molecule has 1 saturated carbocycles. The number of hydrogen-bond donors (Lipinski definition) is 2. The Balaban J connectivity index is 2.23. The van der Waals surface area contributed by atoms with Gasteiger partial charge >= 0.3 is 5.97 Å². The Hall–Kier alpha value is -1.43. The van der Waals surface area contributed by atoms with Crippen molar-refractivity contribution in [1.82, 2.24) is 0 Å². The number of aliphatic carboxylic acids is 1. The Kier molecular flexibility index (Phi) is 3.14. The Morgan fingerprint density at radius 3 is 2.56 bits per heavy atom. The summed E-state index contributed by atoms with van der Waals surface area (Å²) in [5, 5.41) is 11.5. The zero-order valence-electron chi connectivity index (χ0n) is 9.59. The molecule has 0 unspecified atom stereocenters. The summed E-state index contributed by atoms with van der Waals surface area (Å²) in [6.07, 6.45) is 0.651. The molecule has 1 amide bonds. The first-order valence-corrected chi connectivity index (χ1v) is 6.16. The average molecular weight is 316 g/mol. The van der Waals surface area contributed by atoms with Crippen molar-refractivity contribution in [2.75, 3.05) is 5.32 Å². The molecule has 4 nitrogen and oxygen atoms in total. The molecule has 6 heteroatoms. The van der Waals surface area contributed by atoms with Gasteiger partial charge in [-0.15, -0.1) is 0 Å². The Bertz CT molecular complexity index is 540. The number of halogens is 2. The van der Waals surface area contributed by atoms with Crippen LogP contribution in [-0.2, 0) is 9.59 Å². The Morgan fingerprint density at radius 1 is 1.44 bits per heavy atom. The molecule has 0 saturated heterocycles. The number of carboxylic acids is 1. The summed E-state index contributed by atoms with van der Waals surface area (Å²) in [4.78, 5) is 22.8. The molecule has 1 aliphatic rings. The number of carbonyl (C=O) groups is 2. The number of nitrogens with one attached hydrogen (secondary N) is 1. The summed E-state index contributed by atoms with van der Waals surface area (Å²) in [5.74, 6) is -2.22. The van der Waals surface area contributed by atoms with Gasteiger partial charge in [0.1, 0.15) is 11.2 Å². The third-order valence-corrected chi connectivity index (χ3v) is 3.72. The minimum atomic E-state index is -1.32. The molecule has 0 radical (unpaired) electrons. The van der Waals surface area contributed by atoms with Crippen LogP contribution in [-0.4, -0.2) is 17.0 Å². The van der Waals surface area contributed by atoms with Gasteiger partial charge in [-0.25, -0.2) is 4.39 Å². The fourth-order valence-electron chi connectivity index (χ4n) is 1.69. The summed E-state index contributed by atoms with van der Waals surface area (Å²) in [6.45, 7) is 1.71. The average Bonchev–Trinajstić information content (AvgIpc) is 3.06. The molecule has 1 fully saturated rings. The molecule has 0 spiro atoms. The second kappa shape index (κ2) is 4.35. The van der Waals surface area contributed by atoms with E-state index in [0.29, 0.717) is 28.6 Å². The number of amides is 1. The van der Waals surface area contributed by atoms with Crippen LogP contribution in [0.25, 0.3) is 0 Å². The lowest BCUT2D eigenvalue weighted by molar-refractivity contribution is -0.147. The number of anilines is 1. The van der Waals surface area contributed by atoms with Crippen LogP contribution in [0.15, 0.2) is 16.6 Å². The van der Waals surface area contributed by atoms with E-state index in [1.807, 2.05) is 0 Å². The maximum absolute atomic E-state index is 13.4. The van der Waals surface area contributed by atoms with Crippen LogP contribution >= 0.6 is 15.9 Å². The van der Waals surface area contributed by atoms with Crippen molar-refractivity contribution in [1.29, 1.82) is 0 Å². The molecule has 96 valence electrons. The zero-order valence-corrected chi connectivity index (χ0v) is 11.2. The lowest BCUT2D eigenvalue weighted by Crippen LogP contribution is -2.31. The highest BCUT2D eigenvalue weighted by molar-refractivity contribution is 9.10. The van der Waals surface area contributed by atoms with Crippen LogP contribution in [0, 0.1) is 18.2 Å². The molecule has 1 aromatic rings. The van der Waals surface area contributed by atoms with E-state index in [4.69, 9.17) is 5.11 Å². The van der Waals surface area contributed by atoms with Gasteiger partial charge in [0.15, 0.2) is 0 Å². The van der Waals surface area contributed by atoms with Crippen molar-refractivity contribution in [3.05, 3.63) is 28.0 Å². The van der Waals surface area contributed by atoms with Gasteiger partial charge in [-0.1, -0.05) is 0 Å². The third kappa shape index (κ3) is 2.12. The highest BCUT2D eigenvalue weighted by Gasteiger charge is 2.57. The monoisotopic (exact) mass is 315 g/mol. The molecule has 0 atom stereocenters. The van der Waals surface area contributed by atoms with E-state index < -0.39 is 23.1 Å². The predicted octanol–water partition coefficient (Wildman–Crippen LogP) is 2.70. The van der Waals surface area contributed by atoms with Crippen molar-refractivity contribution in [2.24, 2.45) is 5.41 Å². The first-order valence-electron chi connectivity index (χ1n) is 5.37. The summed E-state index contributed by atoms with van der Waals surface area (Å²) in [6, 6.07) is 2.71. The molecule has 1 aliphatic carbocycles. The summed E-state index contributed by atoms with van der Waals surface area (Å²) in [5.41, 5.74) is -0.359. The predicted molar refractivity (Wildman–Crippen MR) is 66.8 cm³/mol. The Morgan fingerprint density at radius 2 is 2.06 bits per heavy atom. The molecular weight excluding hydrogens is 305 g/mol. The van der Waals surface area contributed by atoms with E-state index in [9.17, 15) is 14.0 Å². The lowest BCUT2D eigenvalue weighted by atomic mass is 10.1. The number of aryl methyl sites for hydroxylation is 1. The first kappa shape index (κ1) is 13.0.